The first-order valence-corrected chi connectivity index (χ1v) is 10.8. The second-order valence-electron chi connectivity index (χ2n) is 9.96. The van der Waals surface area contributed by atoms with E-state index in [1.165, 1.54) is 12.0 Å². The van der Waals surface area contributed by atoms with Crippen molar-refractivity contribution in [2.24, 2.45) is 22.7 Å². The van der Waals surface area contributed by atoms with Crippen molar-refractivity contribution in [2.75, 3.05) is 6.61 Å². The molecule has 0 aromatic heterocycles. The summed E-state index contributed by atoms with van der Waals surface area (Å²) in [5.74, 6) is 0.691. The molecule has 0 saturated heterocycles. The van der Waals surface area contributed by atoms with E-state index in [0.29, 0.717) is 30.4 Å². The molecule has 5 atom stereocenters. The van der Waals surface area contributed by atoms with E-state index in [0.717, 1.165) is 32.1 Å². The molecular formula is C25H40O3. The number of esters is 1. The van der Waals surface area contributed by atoms with Crippen LogP contribution in [0.1, 0.15) is 79.6 Å². The van der Waals surface area contributed by atoms with E-state index in [9.17, 15) is 9.90 Å². The topological polar surface area (TPSA) is 46.5 Å². The van der Waals surface area contributed by atoms with Gasteiger partial charge in [0.05, 0.1) is 12.2 Å². The Bertz CT molecular complexity index is 644. The van der Waals surface area contributed by atoms with Crippen LogP contribution < -0.4 is 0 Å². The second kappa shape index (κ2) is 8.57. The molecule has 2 fully saturated rings. The van der Waals surface area contributed by atoms with Gasteiger partial charge in [0.1, 0.15) is 0 Å². The first-order chi connectivity index (χ1) is 13.0. The summed E-state index contributed by atoms with van der Waals surface area (Å²) in [5, 5.41) is 10.4. The molecule has 28 heavy (non-hydrogen) atoms. The highest BCUT2D eigenvalue weighted by Crippen LogP contribution is 2.62. The zero-order valence-electron chi connectivity index (χ0n) is 18.6. The fraction of sp³-hybridized carbons (Fsp3) is 0.720. The van der Waals surface area contributed by atoms with Crippen LogP contribution in [0.25, 0.3) is 0 Å². The van der Waals surface area contributed by atoms with Gasteiger partial charge in [0, 0.05) is 11.0 Å². The minimum atomic E-state index is -0.832. The number of hydrogen-bond acceptors (Lipinski definition) is 3. The predicted octanol–water partition coefficient (Wildman–Crippen LogP) is 5.99. The Hall–Kier alpha value is -1.35. The summed E-state index contributed by atoms with van der Waals surface area (Å²) in [5.41, 5.74) is 1.30. The van der Waals surface area contributed by atoms with Gasteiger partial charge in [0.2, 0.25) is 0 Å². The Kier molecular flexibility index (Phi) is 7.02. The molecule has 5 unspecified atom stereocenters. The molecule has 2 aliphatic carbocycles. The fourth-order valence-electron chi connectivity index (χ4n) is 5.79. The molecule has 3 heteroatoms. The van der Waals surface area contributed by atoms with E-state index in [1.807, 2.05) is 26.8 Å². The maximum atomic E-state index is 12.2. The van der Waals surface area contributed by atoms with Crippen LogP contribution >= 0.6 is 0 Å². The van der Waals surface area contributed by atoms with Gasteiger partial charge in [-0.2, -0.15) is 0 Å². The highest BCUT2D eigenvalue weighted by Gasteiger charge is 2.54. The second-order valence-corrected chi connectivity index (χ2v) is 9.96. The highest BCUT2D eigenvalue weighted by molar-refractivity contribution is 5.87. The summed E-state index contributed by atoms with van der Waals surface area (Å²) in [4.78, 5) is 12.2. The average Bonchev–Trinajstić information content (AvgIpc) is 2.64. The lowest BCUT2D eigenvalue weighted by Gasteiger charge is -2.58. The summed E-state index contributed by atoms with van der Waals surface area (Å²) in [6, 6.07) is 0. The van der Waals surface area contributed by atoms with Crippen molar-refractivity contribution in [1.82, 2.24) is 0 Å². The predicted molar refractivity (Wildman–Crippen MR) is 116 cm³/mol. The first-order valence-electron chi connectivity index (χ1n) is 10.8. The molecule has 1 N–H and O–H groups in total. The summed E-state index contributed by atoms with van der Waals surface area (Å²) in [6.07, 6.45) is 10.6. The third-order valence-electron chi connectivity index (χ3n) is 7.81. The summed E-state index contributed by atoms with van der Waals surface area (Å²) < 4.78 is 5.74. The molecular weight excluding hydrogens is 348 g/mol. The van der Waals surface area contributed by atoms with Crippen molar-refractivity contribution in [3.8, 4) is 0 Å². The van der Waals surface area contributed by atoms with Crippen molar-refractivity contribution >= 4 is 5.97 Å². The van der Waals surface area contributed by atoms with Gasteiger partial charge in [-0.3, -0.25) is 0 Å². The zero-order valence-corrected chi connectivity index (χ0v) is 18.6. The van der Waals surface area contributed by atoms with Crippen LogP contribution in [0.4, 0.5) is 0 Å². The molecule has 0 amide bonds. The minimum Gasteiger partial charge on any atom is -0.462 e. The smallest absolute Gasteiger partial charge is 0.333 e. The van der Waals surface area contributed by atoms with Crippen LogP contribution in [0.5, 0.6) is 0 Å². The first kappa shape index (κ1) is 22.9. The lowest BCUT2D eigenvalue weighted by molar-refractivity contribution is -0.151. The number of aliphatic hydroxyl groups is 1. The number of carbonyl (C=O) groups is 1. The normalized spacial score (nSPS) is 35.6. The Morgan fingerprint density at radius 2 is 2.07 bits per heavy atom. The quantitative estimate of drug-likeness (QED) is 0.331. The summed E-state index contributed by atoms with van der Waals surface area (Å²) >= 11 is 0. The summed E-state index contributed by atoms with van der Waals surface area (Å²) in [7, 11) is 0. The van der Waals surface area contributed by atoms with E-state index in [1.54, 1.807) is 6.08 Å². The molecule has 2 saturated carbocycles. The molecule has 0 heterocycles. The molecule has 3 nitrogen and oxygen atoms in total. The zero-order chi connectivity index (χ0) is 21.2. The maximum absolute atomic E-state index is 12.2. The summed E-state index contributed by atoms with van der Waals surface area (Å²) in [6.45, 7) is 18.9. The Morgan fingerprint density at radius 1 is 1.39 bits per heavy atom. The average molecular weight is 389 g/mol. The van der Waals surface area contributed by atoms with Gasteiger partial charge in [-0.15, -0.1) is 6.58 Å². The largest absolute Gasteiger partial charge is 0.462 e. The van der Waals surface area contributed by atoms with Gasteiger partial charge < -0.3 is 9.84 Å². The van der Waals surface area contributed by atoms with Gasteiger partial charge in [0.25, 0.3) is 0 Å². The third-order valence-corrected chi connectivity index (χ3v) is 7.81. The Labute approximate surface area is 171 Å². The standard InChI is InChI=1S/C25H40O3/c1-8-18(3)22(26)28-17-23(5)14-10-15-25(7)20(13-16-24(6,27)9-2)19(4)11-12-21(23)25/h8-9,20-21,27H,2,4,10-17H2,1,3,5-7H3. The van der Waals surface area contributed by atoms with Crippen molar-refractivity contribution in [2.45, 2.75) is 85.2 Å². The van der Waals surface area contributed by atoms with Crippen LogP contribution in [-0.2, 0) is 9.53 Å². The number of carbonyl (C=O) groups excluding carboxylic acids is 1. The molecule has 0 aliphatic heterocycles. The van der Waals surface area contributed by atoms with Crippen molar-refractivity contribution < 1.29 is 14.6 Å². The minimum absolute atomic E-state index is 0.00339. The van der Waals surface area contributed by atoms with E-state index < -0.39 is 5.60 Å². The monoisotopic (exact) mass is 388 g/mol. The third kappa shape index (κ3) is 4.62. The van der Waals surface area contributed by atoms with Crippen LogP contribution in [0.3, 0.4) is 0 Å². The van der Waals surface area contributed by atoms with Gasteiger partial charge in [0.15, 0.2) is 0 Å². The van der Waals surface area contributed by atoms with E-state index >= 15 is 0 Å². The van der Waals surface area contributed by atoms with Crippen molar-refractivity contribution in [1.29, 1.82) is 0 Å². The maximum Gasteiger partial charge on any atom is 0.333 e. The lowest BCUT2D eigenvalue weighted by atomic mass is 9.46. The number of rotatable bonds is 7. The van der Waals surface area contributed by atoms with E-state index in [4.69, 9.17) is 4.74 Å². The molecule has 158 valence electrons. The highest BCUT2D eigenvalue weighted by atomic mass is 16.5. The number of ether oxygens (including phenoxy) is 1. The molecule has 0 bridgehead atoms. The van der Waals surface area contributed by atoms with Crippen LogP contribution in [0.15, 0.2) is 36.5 Å². The Morgan fingerprint density at radius 3 is 2.68 bits per heavy atom. The van der Waals surface area contributed by atoms with E-state index in [-0.39, 0.29) is 16.8 Å². The number of allylic oxidation sites excluding steroid dienone is 2. The SMILES string of the molecule is C=CC(C)(O)CCC1C(=C)CCC2C(C)(COC(=O)C(C)=CC)CCCC12C. The fourth-order valence-corrected chi connectivity index (χ4v) is 5.79. The molecule has 0 spiro atoms. The molecule has 0 radical (unpaired) electrons. The lowest BCUT2D eigenvalue weighted by Crippen LogP contribution is -2.52. The molecule has 2 aliphatic rings. The van der Waals surface area contributed by atoms with Crippen LogP contribution in [0.2, 0.25) is 0 Å². The van der Waals surface area contributed by atoms with Gasteiger partial charge >= 0.3 is 5.97 Å². The van der Waals surface area contributed by atoms with Gasteiger partial charge in [-0.1, -0.05) is 44.6 Å². The van der Waals surface area contributed by atoms with Gasteiger partial charge in [-0.25, -0.2) is 4.79 Å². The van der Waals surface area contributed by atoms with Crippen LogP contribution in [0, 0.1) is 22.7 Å². The van der Waals surface area contributed by atoms with Crippen molar-refractivity contribution in [3.63, 3.8) is 0 Å². The number of fused-ring (bicyclic) bond motifs is 1. The molecule has 0 aromatic rings. The molecule has 0 aromatic carbocycles. The van der Waals surface area contributed by atoms with Crippen LogP contribution in [-0.4, -0.2) is 23.3 Å². The van der Waals surface area contributed by atoms with Crippen molar-refractivity contribution in [3.05, 3.63) is 36.5 Å². The van der Waals surface area contributed by atoms with E-state index in [2.05, 4.69) is 27.0 Å². The Balaban J connectivity index is 2.20. The van der Waals surface area contributed by atoms with Gasteiger partial charge in [-0.05, 0) is 76.5 Å². The number of hydrogen-bond donors (Lipinski definition) is 1. The molecule has 2 rings (SSSR count).